The molecule has 0 bridgehead atoms. The number of nitrogens with one attached hydrogen (secondary N) is 1. The van der Waals surface area contributed by atoms with Crippen LogP contribution in [0, 0.1) is 5.82 Å². The van der Waals surface area contributed by atoms with E-state index in [1.165, 1.54) is 6.92 Å². The number of aromatic nitrogens is 2. The largest absolute Gasteiger partial charge is 0.432 e. The summed E-state index contributed by atoms with van der Waals surface area (Å²) in [6.07, 6.45) is -5.22. The van der Waals surface area contributed by atoms with E-state index in [1.807, 2.05) is 0 Å². The summed E-state index contributed by atoms with van der Waals surface area (Å²) in [5, 5.41) is 2.69. The van der Waals surface area contributed by atoms with E-state index in [0.717, 1.165) is 14.0 Å². The number of alkyl halides is 3. The van der Waals surface area contributed by atoms with Gasteiger partial charge in [0.25, 0.3) is 5.56 Å². The lowest BCUT2D eigenvalue weighted by atomic mass is 10.0. The molecule has 0 unspecified atom stereocenters. The molecule has 30 heavy (non-hydrogen) atoms. The van der Waals surface area contributed by atoms with E-state index in [0.29, 0.717) is 12.1 Å². The third-order valence-electron chi connectivity index (χ3n) is 3.91. The number of carbonyl (C=O) groups excluding carboxylic acids is 2. The number of H-pyrrole nitrogens is 1. The summed E-state index contributed by atoms with van der Waals surface area (Å²) >= 11 is 5.77. The summed E-state index contributed by atoms with van der Waals surface area (Å²) in [6.45, 7) is 2.37. The molecule has 2 aromatic rings. The Balaban J connectivity index is 2.76. The lowest BCUT2D eigenvalue weighted by Gasteiger charge is -2.16. The van der Waals surface area contributed by atoms with Crippen LogP contribution in [0.3, 0.4) is 0 Å². The van der Waals surface area contributed by atoms with Gasteiger partial charge in [-0.2, -0.15) is 13.2 Å². The van der Waals surface area contributed by atoms with Crippen LogP contribution >= 0.6 is 11.6 Å². The van der Waals surface area contributed by atoms with Gasteiger partial charge in [-0.25, -0.2) is 14.0 Å². The van der Waals surface area contributed by atoms with Crippen LogP contribution in [0.4, 0.5) is 17.6 Å². The average Bonchev–Trinajstić information content (AvgIpc) is 2.61. The van der Waals surface area contributed by atoms with E-state index in [2.05, 4.69) is 9.99 Å². The quantitative estimate of drug-likeness (QED) is 0.334. The maximum absolute atomic E-state index is 14.5. The molecule has 0 radical (unpaired) electrons. The SMILES string of the molecule is CC(=O)C(C)=NOC(=O)c1cc(-c2c(C(F)(F)F)n(C)c(=O)[nH]c2=O)c(F)cc1Cl. The number of ketones is 1. The Morgan fingerprint density at radius 1 is 1.20 bits per heavy atom. The minimum atomic E-state index is -5.22. The molecule has 160 valence electrons. The molecule has 1 N–H and O–H groups in total. The number of hydrogen-bond acceptors (Lipinski definition) is 6. The highest BCUT2D eigenvalue weighted by Gasteiger charge is 2.39. The minimum absolute atomic E-state index is 0.0866. The van der Waals surface area contributed by atoms with E-state index < -0.39 is 62.4 Å². The van der Waals surface area contributed by atoms with Crippen LogP contribution in [0.15, 0.2) is 26.9 Å². The molecule has 0 saturated carbocycles. The van der Waals surface area contributed by atoms with Gasteiger partial charge in [0.05, 0.1) is 16.1 Å². The summed E-state index contributed by atoms with van der Waals surface area (Å²) < 4.78 is 55.1. The topological polar surface area (TPSA) is 111 Å². The van der Waals surface area contributed by atoms with Crippen LogP contribution < -0.4 is 11.2 Å². The zero-order chi connectivity index (χ0) is 23.0. The van der Waals surface area contributed by atoms with Gasteiger partial charge in [-0.3, -0.25) is 19.1 Å². The highest BCUT2D eigenvalue weighted by atomic mass is 35.5. The summed E-state index contributed by atoms with van der Waals surface area (Å²) in [5.74, 6) is -3.22. The van der Waals surface area contributed by atoms with Gasteiger partial charge in [0, 0.05) is 19.5 Å². The van der Waals surface area contributed by atoms with Gasteiger partial charge in [0.15, 0.2) is 5.78 Å². The van der Waals surface area contributed by atoms with E-state index in [-0.39, 0.29) is 10.3 Å². The molecule has 0 spiro atoms. The monoisotopic (exact) mass is 449 g/mol. The van der Waals surface area contributed by atoms with Crippen LogP contribution in [0.1, 0.15) is 29.9 Å². The van der Waals surface area contributed by atoms with Crippen LogP contribution in [0.25, 0.3) is 11.1 Å². The number of halogens is 5. The fourth-order valence-corrected chi connectivity index (χ4v) is 2.55. The first-order valence-corrected chi connectivity index (χ1v) is 8.30. The second-order valence-electron chi connectivity index (χ2n) is 5.96. The second kappa shape index (κ2) is 8.22. The van der Waals surface area contributed by atoms with Crippen molar-refractivity contribution in [2.24, 2.45) is 12.2 Å². The highest BCUT2D eigenvalue weighted by Crippen LogP contribution is 2.36. The number of rotatable bonds is 4. The van der Waals surface area contributed by atoms with Gasteiger partial charge in [0.2, 0.25) is 0 Å². The van der Waals surface area contributed by atoms with Crippen molar-refractivity contribution in [2.45, 2.75) is 20.0 Å². The maximum Gasteiger partial charge on any atom is 0.432 e. The molecular weight excluding hydrogens is 438 g/mol. The molecule has 0 fully saturated rings. The predicted molar refractivity (Wildman–Crippen MR) is 96.9 cm³/mol. The fourth-order valence-electron chi connectivity index (χ4n) is 2.32. The number of carbonyl (C=O) groups is 2. The number of oxime groups is 1. The number of hydrogen-bond donors (Lipinski definition) is 1. The number of aromatic amines is 1. The third-order valence-corrected chi connectivity index (χ3v) is 4.23. The normalized spacial score (nSPS) is 12.1. The van der Waals surface area contributed by atoms with E-state index in [1.54, 1.807) is 4.98 Å². The molecule has 1 heterocycles. The minimum Gasteiger partial charge on any atom is -0.312 e. The van der Waals surface area contributed by atoms with Gasteiger partial charge in [-0.1, -0.05) is 16.8 Å². The van der Waals surface area contributed by atoms with E-state index in [4.69, 9.17) is 11.6 Å². The Kier molecular flexibility index (Phi) is 6.30. The Labute approximate surface area is 169 Å². The van der Waals surface area contributed by atoms with Crippen molar-refractivity contribution >= 4 is 29.1 Å². The Hall–Kier alpha value is -3.28. The van der Waals surface area contributed by atoms with Crippen molar-refractivity contribution in [3.63, 3.8) is 0 Å². The molecule has 2 rings (SSSR count). The molecule has 8 nitrogen and oxygen atoms in total. The standard InChI is InChI=1S/C17H12ClF4N3O5/c1-6(7(2)26)24-30-15(28)8-4-9(11(19)5-10(8)18)12-13(17(20,21)22)25(3)16(29)23-14(12)27/h4-5H,1-3H3,(H,23,27,29). The number of nitrogens with zero attached hydrogens (tertiary/aromatic N) is 2. The number of benzene rings is 1. The third kappa shape index (κ3) is 4.48. The lowest BCUT2D eigenvalue weighted by Crippen LogP contribution is -2.35. The first-order valence-electron chi connectivity index (χ1n) is 7.92. The van der Waals surface area contributed by atoms with Crippen LogP contribution in [-0.2, 0) is 22.9 Å². The Morgan fingerprint density at radius 2 is 1.80 bits per heavy atom. The smallest absolute Gasteiger partial charge is 0.312 e. The molecule has 0 saturated heterocycles. The summed E-state index contributed by atoms with van der Waals surface area (Å²) in [4.78, 5) is 53.1. The Morgan fingerprint density at radius 3 is 2.33 bits per heavy atom. The molecule has 0 atom stereocenters. The average molecular weight is 450 g/mol. The van der Waals surface area contributed by atoms with Crippen molar-refractivity contribution in [3.05, 3.63) is 55.1 Å². The van der Waals surface area contributed by atoms with Crippen molar-refractivity contribution in [2.75, 3.05) is 0 Å². The second-order valence-corrected chi connectivity index (χ2v) is 6.37. The summed E-state index contributed by atoms with van der Waals surface area (Å²) in [6, 6.07) is 1.06. The molecule has 13 heteroatoms. The first-order chi connectivity index (χ1) is 13.8. The van der Waals surface area contributed by atoms with Gasteiger partial charge in [-0.15, -0.1) is 0 Å². The lowest BCUT2D eigenvalue weighted by molar-refractivity contribution is -0.143. The molecule has 1 aromatic carbocycles. The van der Waals surface area contributed by atoms with Crippen LogP contribution in [-0.4, -0.2) is 27.0 Å². The zero-order valence-electron chi connectivity index (χ0n) is 15.5. The van der Waals surface area contributed by atoms with Crippen molar-refractivity contribution in [1.29, 1.82) is 0 Å². The van der Waals surface area contributed by atoms with Crippen molar-refractivity contribution in [3.8, 4) is 11.1 Å². The van der Waals surface area contributed by atoms with E-state index >= 15 is 0 Å². The fraction of sp³-hybridized carbons (Fsp3) is 0.235. The molecule has 1 aromatic heterocycles. The van der Waals surface area contributed by atoms with Crippen LogP contribution in [0.2, 0.25) is 5.02 Å². The summed E-state index contributed by atoms with van der Waals surface area (Å²) in [7, 11) is 0.729. The predicted octanol–water partition coefficient (Wildman–Crippen LogP) is 2.67. The number of Topliss-reactive ketones (excluding diaryl/α,β-unsaturated/α-hetero) is 1. The first kappa shape index (κ1) is 23.0. The van der Waals surface area contributed by atoms with Crippen LogP contribution in [0.5, 0.6) is 0 Å². The maximum atomic E-state index is 14.5. The Bertz CT molecular complexity index is 1200. The van der Waals surface area contributed by atoms with Gasteiger partial charge in [-0.05, 0) is 19.1 Å². The molecule has 0 aliphatic heterocycles. The molecule has 0 amide bonds. The van der Waals surface area contributed by atoms with Gasteiger partial charge in [0.1, 0.15) is 17.2 Å². The zero-order valence-corrected chi connectivity index (χ0v) is 16.2. The molecule has 0 aliphatic carbocycles. The van der Waals surface area contributed by atoms with Crippen molar-refractivity contribution in [1.82, 2.24) is 9.55 Å². The highest BCUT2D eigenvalue weighted by molar-refractivity contribution is 6.38. The molecule has 0 aliphatic rings. The van der Waals surface area contributed by atoms with Gasteiger partial charge < -0.3 is 4.84 Å². The summed E-state index contributed by atoms with van der Waals surface area (Å²) in [5.41, 5.74) is -7.66. The van der Waals surface area contributed by atoms with E-state index in [9.17, 15) is 36.7 Å². The van der Waals surface area contributed by atoms with Crippen molar-refractivity contribution < 1.29 is 32.0 Å². The van der Waals surface area contributed by atoms with Gasteiger partial charge >= 0.3 is 17.8 Å². The molecular formula is C17H12ClF4N3O5.